The van der Waals surface area contributed by atoms with Gasteiger partial charge in [0.2, 0.25) is 0 Å². The quantitative estimate of drug-likeness (QED) is 0.691. The number of ether oxygens (including phenoxy) is 1. The highest BCUT2D eigenvalue weighted by Crippen LogP contribution is 2.13. The van der Waals surface area contributed by atoms with E-state index < -0.39 is 0 Å². The van der Waals surface area contributed by atoms with Gasteiger partial charge in [-0.25, -0.2) is 0 Å². The average Bonchev–Trinajstić information content (AvgIpc) is 2.96. The number of rotatable bonds is 4. The zero-order valence-electron chi connectivity index (χ0n) is 11.7. The molecule has 2 aromatic rings. The maximum absolute atomic E-state index is 12.1. The highest BCUT2D eigenvalue weighted by atomic mass is 16.5. The van der Waals surface area contributed by atoms with Crippen LogP contribution in [0.25, 0.3) is 0 Å². The number of hydrogen-bond donors (Lipinski definition) is 1. The largest absolute Gasteiger partial charge is 0.477 e. The van der Waals surface area contributed by atoms with Crippen molar-refractivity contribution in [2.45, 2.75) is 12.5 Å². The Kier molecular flexibility index (Phi) is 4.01. The fraction of sp³-hybridized carbons (Fsp3) is 0.167. The van der Waals surface area contributed by atoms with Crippen molar-refractivity contribution in [3.63, 3.8) is 0 Å². The maximum atomic E-state index is 12.1. The second-order valence-corrected chi connectivity index (χ2v) is 5.08. The molecule has 1 heterocycles. The molecule has 0 radical (unpaired) electrons. The Bertz CT molecular complexity index is 635. The summed E-state index contributed by atoms with van der Waals surface area (Å²) < 4.78 is 5.56. The lowest BCUT2D eigenvalue weighted by atomic mass is 10.1. The van der Waals surface area contributed by atoms with Crippen molar-refractivity contribution in [3.05, 3.63) is 83.7 Å². The van der Waals surface area contributed by atoms with E-state index in [1.807, 2.05) is 36.4 Å². The molecule has 1 aliphatic heterocycles. The van der Waals surface area contributed by atoms with Crippen molar-refractivity contribution in [1.82, 2.24) is 5.32 Å². The summed E-state index contributed by atoms with van der Waals surface area (Å²) >= 11 is 0. The molecule has 1 atom stereocenters. The molecule has 3 rings (SSSR count). The normalized spacial score (nSPS) is 19.0. The SMILES string of the molecule is O=C(/C=C1/N[C@@H](Cc2ccccc2)CO1)c1ccccc1. The summed E-state index contributed by atoms with van der Waals surface area (Å²) in [5, 5.41) is 3.26. The van der Waals surface area contributed by atoms with E-state index in [4.69, 9.17) is 4.74 Å². The van der Waals surface area contributed by atoms with Crippen molar-refractivity contribution in [2.24, 2.45) is 0 Å². The van der Waals surface area contributed by atoms with Crippen LogP contribution in [0.5, 0.6) is 0 Å². The number of allylic oxidation sites excluding steroid dienone is 1. The summed E-state index contributed by atoms with van der Waals surface area (Å²) in [4.78, 5) is 12.1. The van der Waals surface area contributed by atoms with Crippen LogP contribution in [0.2, 0.25) is 0 Å². The molecule has 0 aliphatic carbocycles. The topological polar surface area (TPSA) is 38.3 Å². The molecule has 1 saturated heterocycles. The minimum atomic E-state index is -0.0431. The zero-order chi connectivity index (χ0) is 14.5. The first-order valence-corrected chi connectivity index (χ1v) is 7.05. The number of hydrogen-bond acceptors (Lipinski definition) is 3. The van der Waals surface area contributed by atoms with E-state index in [0.29, 0.717) is 18.1 Å². The highest BCUT2D eigenvalue weighted by molar-refractivity contribution is 6.04. The Labute approximate surface area is 124 Å². The molecule has 21 heavy (non-hydrogen) atoms. The summed E-state index contributed by atoms with van der Waals surface area (Å²) in [7, 11) is 0. The predicted octanol–water partition coefficient (Wildman–Crippen LogP) is 2.94. The van der Waals surface area contributed by atoms with E-state index in [9.17, 15) is 4.79 Å². The van der Waals surface area contributed by atoms with Crippen molar-refractivity contribution < 1.29 is 9.53 Å². The number of ketones is 1. The van der Waals surface area contributed by atoms with E-state index in [-0.39, 0.29) is 11.8 Å². The van der Waals surface area contributed by atoms with Crippen molar-refractivity contribution >= 4 is 5.78 Å². The first kappa shape index (κ1) is 13.4. The van der Waals surface area contributed by atoms with Gasteiger partial charge >= 0.3 is 0 Å². The Morgan fingerprint density at radius 3 is 2.48 bits per heavy atom. The first-order chi connectivity index (χ1) is 10.3. The van der Waals surface area contributed by atoms with Gasteiger partial charge in [-0.15, -0.1) is 0 Å². The molecule has 3 heteroatoms. The van der Waals surface area contributed by atoms with Gasteiger partial charge < -0.3 is 10.1 Å². The molecule has 1 aliphatic rings. The van der Waals surface area contributed by atoms with Crippen LogP contribution in [0, 0.1) is 0 Å². The third kappa shape index (κ3) is 3.51. The summed E-state index contributed by atoms with van der Waals surface area (Å²) in [6, 6.07) is 19.7. The van der Waals surface area contributed by atoms with Crippen LogP contribution in [-0.2, 0) is 11.2 Å². The Balaban J connectivity index is 1.62. The second-order valence-electron chi connectivity index (χ2n) is 5.08. The van der Waals surface area contributed by atoms with Gasteiger partial charge in [0.1, 0.15) is 6.61 Å². The van der Waals surface area contributed by atoms with Crippen LogP contribution in [0.15, 0.2) is 72.6 Å². The van der Waals surface area contributed by atoms with Gasteiger partial charge in [-0.05, 0) is 12.0 Å². The smallest absolute Gasteiger partial charge is 0.191 e. The van der Waals surface area contributed by atoms with Crippen LogP contribution in [0.3, 0.4) is 0 Å². The maximum Gasteiger partial charge on any atom is 0.191 e. The number of carbonyl (C=O) groups is 1. The fourth-order valence-corrected chi connectivity index (χ4v) is 2.37. The van der Waals surface area contributed by atoms with Gasteiger partial charge in [-0.3, -0.25) is 4.79 Å². The molecule has 0 spiro atoms. The number of benzene rings is 2. The van der Waals surface area contributed by atoms with E-state index in [0.717, 1.165) is 6.42 Å². The first-order valence-electron chi connectivity index (χ1n) is 7.05. The predicted molar refractivity (Wildman–Crippen MR) is 81.9 cm³/mol. The van der Waals surface area contributed by atoms with Crippen molar-refractivity contribution in [2.75, 3.05) is 6.61 Å². The van der Waals surface area contributed by atoms with Crippen LogP contribution in [0.1, 0.15) is 15.9 Å². The van der Waals surface area contributed by atoms with E-state index >= 15 is 0 Å². The zero-order valence-corrected chi connectivity index (χ0v) is 11.7. The van der Waals surface area contributed by atoms with Gasteiger partial charge in [0.15, 0.2) is 11.7 Å². The summed E-state index contributed by atoms with van der Waals surface area (Å²) in [6.07, 6.45) is 2.41. The molecule has 2 aromatic carbocycles. The van der Waals surface area contributed by atoms with Crippen LogP contribution in [0.4, 0.5) is 0 Å². The third-order valence-corrected chi connectivity index (χ3v) is 3.43. The lowest BCUT2D eigenvalue weighted by Crippen LogP contribution is -2.25. The molecule has 3 nitrogen and oxygen atoms in total. The van der Waals surface area contributed by atoms with Gasteiger partial charge in [0.05, 0.1) is 6.04 Å². The molecule has 0 saturated carbocycles. The Morgan fingerprint density at radius 1 is 1.10 bits per heavy atom. The average molecular weight is 279 g/mol. The van der Waals surface area contributed by atoms with E-state index in [1.54, 1.807) is 12.1 Å². The third-order valence-electron chi connectivity index (χ3n) is 3.43. The minimum Gasteiger partial charge on any atom is -0.477 e. The molecule has 1 fully saturated rings. The fourth-order valence-electron chi connectivity index (χ4n) is 2.37. The van der Waals surface area contributed by atoms with Crippen LogP contribution in [-0.4, -0.2) is 18.4 Å². The molecule has 1 N–H and O–H groups in total. The highest BCUT2D eigenvalue weighted by Gasteiger charge is 2.20. The molecule has 0 aromatic heterocycles. The molecule has 0 amide bonds. The molecule has 0 unspecified atom stereocenters. The lowest BCUT2D eigenvalue weighted by Gasteiger charge is -2.07. The van der Waals surface area contributed by atoms with Gasteiger partial charge in [-0.1, -0.05) is 60.7 Å². The Morgan fingerprint density at radius 2 is 1.76 bits per heavy atom. The van der Waals surface area contributed by atoms with Crippen LogP contribution < -0.4 is 5.32 Å². The van der Waals surface area contributed by atoms with Crippen molar-refractivity contribution in [3.8, 4) is 0 Å². The van der Waals surface area contributed by atoms with Crippen molar-refractivity contribution in [1.29, 1.82) is 0 Å². The van der Waals surface area contributed by atoms with Crippen LogP contribution >= 0.6 is 0 Å². The number of nitrogens with one attached hydrogen (secondary N) is 1. The van der Waals surface area contributed by atoms with Gasteiger partial charge in [-0.2, -0.15) is 0 Å². The molecular formula is C18H17NO2. The van der Waals surface area contributed by atoms with Gasteiger partial charge in [0.25, 0.3) is 0 Å². The summed E-state index contributed by atoms with van der Waals surface area (Å²) in [5.74, 6) is 0.517. The minimum absolute atomic E-state index is 0.0431. The van der Waals surface area contributed by atoms with E-state index in [2.05, 4.69) is 17.4 Å². The summed E-state index contributed by atoms with van der Waals surface area (Å²) in [5.41, 5.74) is 1.93. The van der Waals surface area contributed by atoms with E-state index in [1.165, 1.54) is 11.6 Å². The second kappa shape index (κ2) is 6.27. The standard InChI is InChI=1S/C18H17NO2/c20-17(15-9-5-2-6-10-15)12-18-19-16(13-21-18)11-14-7-3-1-4-8-14/h1-10,12,16,19H,11,13H2/b18-12-/t16-/m0/s1. The molecule has 0 bridgehead atoms. The molecular weight excluding hydrogens is 262 g/mol. The summed E-state index contributed by atoms with van der Waals surface area (Å²) in [6.45, 7) is 0.586. The monoisotopic (exact) mass is 279 g/mol. The number of carbonyl (C=O) groups excluding carboxylic acids is 1. The van der Waals surface area contributed by atoms with Gasteiger partial charge in [0, 0.05) is 11.6 Å². The Hall–Kier alpha value is -2.55. The lowest BCUT2D eigenvalue weighted by molar-refractivity contribution is 0.104. The molecule has 106 valence electrons.